The lowest BCUT2D eigenvalue weighted by Gasteiger charge is -2.28. The number of hydrogen-bond acceptors (Lipinski definition) is 7. The highest BCUT2D eigenvalue weighted by Gasteiger charge is 2.11. The summed E-state index contributed by atoms with van der Waals surface area (Å²) in [5, 5.41) is 9.35. The van der Waals surface area contributed by atoms with Crippen molar-refractivity contribution in [2.45, 2.75) is 6.54 Å². The van der Waals surface area contributed by atoms with Crippen molar-refractivity contribution < 1.29 is 9.53 Å². The largest absolute Gasteiger partial charge is 0.378 e. The molecule has 8 nitrogen and oxygen atoms in total. The number of amides is 1. The van der Waals surface area contributed by atoms with Crippen LogP contribution >= 0.6 is 0 Å². The zero-order chi connectivity index (χ0) is 22.2. The summed E-state index contributed by atoms with van der Waals surface area (Å²) >= 11 is 0. The number of nitrogens with one attached hydrogen (secondary N) is 3. The quantitative estimate of drug-likeness (QED) is 0.468. The monoisotopic (exact) mass is 430 g/mol. The van der Waals surface area contributed by atoms with Crippen LogP contribution in [0.15, 0.2) is 73.6 Å². The zero-order valence-corrected chi connectivity index (χ0v) is 17.8. The summed E-state index contributed by atoms with van der Waals surface area (Å²) in [7, 11) is 0. The highest BCUT2D eigenvalue weighted by atomic mass is 16.5. The number of ether oxygens (including phenoxy) is 1. The lowest BCUT2D eigenvalue weighted by Crippen LogP contribution is -2.36. The van der Waals surface area contributed by atoms with Gasteiger partial charge in [0.25, 0.3) is 0 Å². The number of morpholine rings is 1. The first kappa shape index (κ1) is 21.3. The molecule has 0 saturated carbocycles. The molecule has 2 aromatic carbocycles. The van der Waals surface area contributed by atoms with Crippen molar-refractivity contribution in [3.05, 3.63) is 79.1 Å². The first-order chi connectivity index (χ1) is 15.7. The summed E-state index contributed by atoms with van der Waals surface area (Å²) in [6, 6.07) is 17.8. The minimum atomic E-state index is -0.229. The Morgan fingerprint density at radius 2 is 1.69 bits per heavy atom. The SMILES string of the molecule is C=CC(=O)Nc1ccc(CNc2cc(Nc3ccc(N4CCOCC4)cc3)ncn2)cc1. The summed E-state index contributed by atoms with van der Waals surface area (Å²) in [5.74, 6) is 1.20. The van der Waals surface area contributed by atoms with Crippen molar-refractivity contribution >= 4 is 34.6 Å². The van der Waals surface area contributed by atoms with E-state index in [4.69, 9.17) is 4.74 Å². The smallest absolute Gasteiger partial charge is 0.247 e. The molecule has 1 aromatic heterocycles. The first-order valence-electron chi connectivity index (χ1n) is 10.5. The molecule has 1 amide bonds. The molecule has 0 aliphatic carbocycles. The first-order valence-corrected chi connectivity index (χ1v) is 10.5. The zero-order valence-electron chi connectivity index (χ0n) is 17.8. The molecule has 0 unspecified atom stereocenters. The van der Waals surface area contributed by atoms with Crippen molar-refractivity contribution in [3.8, 4) is 0 Å². The van der Waals surface area contributed by atoms with Gasteiger partial charge >= 0.3 is 0 Å². The van der Waals surface area contributed by atoms with Gasteiger partial charge in [-0.15, -0.1) is 0 Å². The Morgan fingerprint density at radius 1 is 1.00 bits per heavy atom. The fourth-order valence-corrected chi connectivity index (χ4v) is 3.34. The summed E-state index contributed by atoms with van der Waals surface area (Å²) in [4.78, 5) is 22.3. The molecule has 0 bridgehead atoms. The number of benzene rings is 2. The molecule has 0 spiro atoms. The van der Waals surface area contributed by atoms with Crippen molar-refractivity contribution in [2.75, 3.05) is 47.2 Å². The second-order valence-corrected chi connectivity index (χ2v) is 7.30. The lowest BCUT2D eigenvalue weighted by molar-refractivity contribution is -0.111. The van der Waals surface area contributed by atoms with E-state index in [1.54, 1.807) is 0 Å². The lowest BCUT2D eigenvalue weighted by atomic mass is 10.2. The van der Waals surface area contributed by atoms with Gasteiger partial charge in [0.15, 0.2) is 0 Å². The number of hydrogen-bond donors (Lipinski definition) is 3. The summed E-state index contributed by atoms with van der Waals surface area (Å²) in [5.41, 5.74) is 3.95. The predicted octanol–water partition coefficient (Wildman–Crippen LogP) is 3.79. The molecule has 3 aromatic rings. The number of carbonyl (C=O) groups is 1. The van der Waals surface area contributed by atoms with Crippen LogP contribution in [0.25, 0.3) is 0 Å². The molecular weight excluding hydrogens is 404 g/mol. The summed E-state index contributed by atoms with van der Waals surface area (Å²) in [6.07, 6.45) is 2.77. The molecule has 1 fully saturated rings. The van der Waals surface area contributed by atoms with E-state index in [9.17, 15) is 4.79 Å². The van der Waals surface area contributed by atoms with E-state index in [1.165, 1.54) is 18.1 Å². The van der Waals surface area contributed by atoms with Gasteiger partial charge in [0.05, 0.1) is 13.2 Å². The van der Waals surface area contributed by atoms with Crippen LogP contribution in [-0.4, -0.2) is 42.2 Å². The van der Waals surface area contributed by atoms with Crippen LogP contribution in [0.4, 0.5) is 28.7 Å². The topological polar surface area (TPSA) is 91.4 Å². The van der Waals surface area contributed by atoms with Crippen LogP contribution in [0.3, 0.4) is 0 Å². The molecule has 0 atom stereocenters. The van der Waals surface area contributed by atoms with Crippen LogP contribution in [0, 0.1) is 0 Å². The average Bonchev–Trinajstić information content (AvgIpc) is 2.85. The molecular formula is C24H26N6O2. The Labute approximate surface area is 187 Å². The van der Waals surface area contributed by atoms with E-state index >= 15 is 0 Å². The van der Waals surface area contributed by atoms with Crippen LogP contribution in [0.2, 0.25) is 0 Å². The summed E-state index contributed by atoms with van der Waals surface area (Å²) in [6.45, 7) is 7.42. The maximum Gasteiger partial charge on any atom is 0.247 e. The second-order valence-electron chi connectivity index (χ2n) is 7.30. The van der Waals surface area contributed by atoms with Crippen LogP contribution < -0.4 is 20.9 Å². The van der Waals surface area contributed by atoms with Crippen molar-refractivity contribution in [1.29, 1.82) is 0 Å². The van der Waals surface area contributed by atoms with E-state index in [0.717, 1.165) is 49.1 Å². The minimum absolute atomic E-state index is 0.229. The van der Waals surface area contributed by atoms with E-state index in [1.807, 2.05) is 42.5 Å². The molecule has 1 aliphatic heterocycles. The van der Waals surface area contributed by atoms with E-state index in [2.05, 4.69) is 49.5 Å². The van der Waals surface area contributed by atoms with Gasteiger partial charge in [-0.2, -0.15) is 0 Å². The average molecular weight is 431 g/mol. The third-order valence-corrected chi connectivity index (χ3v) is 5.06. The van der Waals surface area contributed by atoms with Crippen molar-refractivity contribution in [3.63, 3.8) is 0 Å². The summed E-state index contributed by atoms with van der Waals surface area (Å²) < 4.78 is 5.41. The highest BCUT2D eigenvalue weighted by molar-refractivity contribution is 5.98. The van der Waals surface area contributed by atoms with Gasteiger partial charge in [-0.05, 0) is 48.0 Å². The predicted molar refractivity (Wildman–Crippen MR) is 127 cm³/mol. The fourth-order valence-electron chi connectivity index (χ4n) is 3.34. The minimum Gasteiger partial charge on any atom is -0.378 e. The Hall–Kier alpha value is -3.91. The second kappa shape index (κ2) is 10.4. The Balaban J connectivity index is 1.32. The third-order valence-electron chi connectivity index (χ3n) is 5.06. The third kappa shape index (κ3) is 5.83. The van der Waals surface area contributed by atoms with Gasteiger partial charge in [-0.3, -0.25) is 4.79 Å². The van der Waals surface area contributed by atoms with Crippen molar-refractivity contribution in [2.24, 2.45) is 0 Å². The number of carbonyl (C=O) groups excluding carboxylic acids is 1. The maximum atomic E-state index is 11.4. The van der Waals surface area contributed by atoms with Crippen LogP contribution in [-0.2, 0) is 16.1 Å². The van der Waals surface area contributed by atoms with Gasteiger partial charge in [0, 0.05) is 42.8 Å². The van der Waals surface area contributed by atoms with Crippen LogP contribution in [0.5, 0.6) is 0 Å². The van der Waals surface area contributed by atoms with Gasteiger partial charge in [-0.25, -0.2) is 9.97 Å². The van der Waals surface area contributed by atoms with Gasteiger partial charge in [0.1, 0.15) is 18.0 Å². The van der Waals surface area contributed by atoms with E-state index in [-0.39, 0.29) is 5.91 Å². The number of anilines is 5. The molecule has 32 heavy (non-hydrogen) atoms. The molecule has 3 N–H and O–H groups in total. The Kier molecular flexibility index (Phi) is 6.94. The van der Waals surface area contributed by atoms with Gasteiger partial charge in [0.2, 0.25) is 5.91 Å². The van der Waals surface area contributed by atoms with Crippen molar-refractivity contribution in [1.82, 2.24) is 9.97 Å². The molecule has 1 aliphatic rings. The number of aromatic nitrogens is 2. The molecule has 1 saturated heterocycles. The highest BCUT2D eigenvalue weighted by Crippen LogP contribution is 2.22. The Morgan fingerprint density at radius 3 is 2.41 bits per heavy atom. The maximum absolute atomic E-state index is 11.4. The molecule has 2 heterocycles. The van der Waals surface area contributed by atoms with Gasteiger partial charge in [-0.1, -0.05) is 18.7 Å². The van der Waals surface area contributed by atoms with E-state index < -0.39 is 0 Å². The van der Waals surface area contributed by atoms with E-state index in [0.29, 0.717) is 12.4 Å². The normalized spacial score (nSPS) is 13.3. The van der Waals surface area contributed by atoms with Crippen LogP contribution in [0.1, 0.15) is 5.56 Å². The van der Waals surface area contributed by atoms with Gasteiger partial charge < -0.3 is 25.6 Å². The Bertz CT molecular complexity index is 1050. The standard InChI is InChI=1S/C24H26N6O2/c1-2-24(31)29-20-5-3-18(4-6-20)16-25-22-15-23(27-17-26-22)28-19-7-9-21(10-8-19)30-11-13-32-14-12-30/h2-10,15,17H,1,11-14,16H2,(H,29,31)(H2,25,26,27,28). The number of rotatable bonds is 8. The number of nitrogens with zero attached hydrogens (tertiary/aromatic N) is 3. The molecule has 8 heteroatoms. The molecule has 0 radical (unpaired) electrons. The fraction of sp³-hybridized carbons (Fsp3) is 0.208. The molecule has 164 valence electrons. The molecule has 4 rings (SSSR count).